The summed E-state index contributed by atoms with van der Waals surface area (Å²) in [6.07, 6.45) is 3.16. The van der Waals surface area contributed by atoms with E-state index in [0.717, 1.165) is 43.5 Å². The zero-order valence-corrected chi connectivity index (χ0v) is 14.1. The monoisotopic (exact) mass is 331 g/mol. The molecule has 0 aliphatic carbocycles. The van der Waals surface area contributed by atoms with Crippen molar-refractivity contribution >= 4 is 37.8 Å². The van der Waals surface area contributed by atoms with Crippen LogP contribution in [-0.4, -0.2) is 33.7 Å². The van der Waals surface area contributed by atoms with Crippen molar-refractivity contribution in [2.24, 2.45) is 11.1 Å². The SMILES string of the molecule is CC1(C)CCCN(c2sc(C(N)=O)c(N)c2S(C)(=O)=O)C1. The summed E-state index contributed by atoms with van der Waals surface area (Å²) >= 11 is 1.08. The summed E-state index contributed by atoms with van der Waals surface area (Å²) < 4.78 is 24.1. The zero-order chi connectivity index (χ0) is 16.0. The van der Waals surface area contributed by atoms with Crippen molar-refractivity contribution in [1.29, 1.82) is 0 Å². The molecule has 1 aromatic heterocycles. The highest BCUT2D eigenvalue weighted by molar-refractivity contribution is 7.91. The average Bonchev–Trinajstić information content (AvgIpc) is 2.65. The van der Waals surface area contributed by atoms with E-state index >= 15 is 0 Å². The number of thiophene rings is 1. The first-order chi connectivity index (χ1) is 9.53. The summed E-state index contributed by atoms with van der Waals surface area (Å²) in [6, 6.07) is 0. The molecule has 0 radical (unpaired) electrons. The molecule has 1 aliphatic heterocycles. The third-order valence-electron chi connectivity index (χ3n) is 3.66. The fourth-order valence-corrected chi connectivity index (χ4v) is 5.35. The highest BCUT2D eigenvalue weighted by Crippen LogP contribution is 2.44. The van der Waals surface area contributed by atoms with Crippen LogP contribution in [0.1, 0.15) is 36.4 Å². The Bertz CT molecular complexity index is 677. The summed E-state index contributed by atoms with van der Waals surface area (Å²) in [5, 5.41) is 0.538. The van der Waals surface area contributed by atoms with Crippen molar-refractivity contribution in [2.75, 3.05) is 30.0 Å². The fourth-order valence-electron chi connectivity index (χ4n) is 2.76. The molecule has 0 bridgehead atoms. The maximum Gasteiger partial charge on any atom is 0.261 e. The molecule has 8 heteroatoms. The molecular weight excluding hydrogens is 310 g/mol. The Kier molecular flexibility index (Phi) is 3.96. The highest BCUT2D eigenvalue weighted by Gasteiger charge is 2.33. The summed E-state index contributed by atoms with van der Waals surface area (Å²) in [4.78, 5) is 13.6. The van der Waals surface area contributed by atoms with Crippen molar-refractivity contribution < 1.29 is 13.2 Å². The number of primary amides is 1. The molecule has 0 spiro atoms. The molecule has 1 amide bonds. The van der Waals surface area contributed by atoms with E-state index in [0.29, 0.717) is 5.00 Å². The normalized spacial score (nSPS) is 18.7. The van der Waals surface area contributed by atoms with Crippen LogP contribution in [-0.2, 0) is 9.84 Å². The first-order valence-corrected chi connectivity index (χ1v) is 9.41. The van der Waals surface area contributed by atoms with Gasteiger partial charge in [0.25, 0.3) is 5.91 Å². The number of anilines is 2. The van der Waals surface area contributed by atoms with E-state index in [1.54, 1.807) is 0 Å². The number of carbonyl (C=O) groups excluding carboxylic acids is 1. The summed E-state index contributed by atoms with van der Waals surface area (Å²) in [7, 11) is -3.53. The Morgan fingerprint density at radius 2 is 2.00 bits per heavy atom. The smallest absolute Gasteiger partial charge is 0.261 e. The number of piperidine rings is 1. The highest BCUT2D eigenvalue weighted by atomic mass is 32.2. The minimum absolute atomic E-state index is 0.0200. The largest absolute Gasteiger partial charge is 0.396 e. The van der Waals surface area contributed by atoms with Gasteiger partial charge in [-0.05, 0) is 18.3 Å². The second-order valence-corrected chi connectivity index (χ2v) is 9.26. The number of sulfone groups is 1. The molecule has 1 aromatic rings. The Hall–Kier alpha value is -1.28. The Balaban J connectivity index is 2.58. The van der Waals surface area contributed by atoms with Crippen LogP contribution in [0, 0.1) is 5.41 Å². The lowest BCUT2D eigenvalue weighted by Crippen LogP contribution is -2.40. The quantitative estimate of drug-likeness (QED) is 0.872. The number of hydrogen-bond acceptors (Lipinski definition) is 6. The molecule has 6 nitrogen and oxygen atoms in total. The zero-order valence-electron chi connectivity index (χ0n) is 12.5. The molecule has 1 aliphatic rings. The van der Waals surface area contributed by atoms with Gasteiger partial charge in [0.2, 0.25) is 0 Å². The molecular formula is C13H21N3O3S2. The van der Waals surface area contributed by atoms with Gasteiger partial charge in [0.05, 0.1) is 5.69 Å². The second-order valence-electron chi connectivity index (χ2n) is 6.30. The third-order valence-corrected chi connectivity index (χ3v) is 6.23. The molecule has 1 fully saturated rings. The average molecular weight is 331 g/mol. The van der Waals surface area contributed by atoms with Gasteiger partial charge in [-0.1, -0.05) is 13.8 Å². The van der Waals surface area contributed by atoms with Crippen molar-refractivity contribution in [3.8, 4) is 0 Å². The summed E-state index contributed by atoms with van der Waals surface area (Å²) in [5.41, 5.74) is 11.2. The van der Waals surface area contributed by atoms with Crippen molar-refractivity contribution in [3.05, 3.63) is 4.88 Å². The van der Waals surface area contributed by atoms with E-state index in [2.05, 4.69) is 13.8 Å². The topological polar surface area (TPSA) is 106 Å². The Morgan fingerprint density at radius 3 is 2.48 bits per heavy atom. The minimum Gasteiger partial charge on any atom is -0.396 e. The summed E-state index contributed by atoms with van der Waals surface area (Å²) in [6.45, 7) is 5.77. The van der Waals surface area contributed by atoms with Crippen LogP contribution in [0.25, 0.3) is 0 Å². The maximum atomic E-state index is 12.1. The van der Waals surface area contributed by atoms with Gasteiger partial charge in [-0.3, -0.25) is 4.79 Å². The molecule has 0 unspecified atom stereocenters. The number of amides is 1. The van der Waals surface area contributed by atoms with Gasteiger partial charge in [-0.25, -0.2) is 8.42 Å². The predicted molar refractivity (Wildman–Crippen MR) is 85.6 cm³/mol. The summed E-state index contributed by atoms with van der Waals surface area (Å²) in [5.74, 6) is -0.690. The van der Waals surface area contributed by atoms with Gasteiger partial charge in [0.1, 0.15) is 14.8 Å². The van der Waals surface area contributed by atoms with Gasteiger partial charge in [0.15, 0.2) is 9.84 Å². The Labute approximate surface area is 129 Å². The number of carbonyl (C=O) groups is 1. The molecule has 2 rings (SSSR count). The van der Waals surface area contributed by atoms with Gasteiger partial charge in [-0.15, -0.1) is 11.3 Å². The van der Waals surface area contributed by atoms with Crippen molar-refractivity contribution in [2.45, 2.75) is 31.6 Å². The molecule has 0 aromatic carbocycles. The van der Waals surface area contributed by atoms with Crippen LogP contribution in [0.4, 0.5) is 10.7 Å². The lowest BCUT2D eigenvalue weighted by Gasteiger charge is -2.39. The number of rotatable bonds is 3. The van der Waals surface area contributed by atoms with Crippen LogP contribution in [0.5, 0.6) is 0 Å². The van der Waals surface area contributed by atoms with Crippen LogP contribution >= 0.6 is 11.3 Å². The van der Waals surface area contributed by atoms with Crippen LogP contribution in [0.15, 0.2) is 4.90 Å². The molecule has 0 saturated carbocycles. The minimum atomic E-state index is -3.53. The standard InChI is InChI=1S/C13H21N3O3S2/c1-13(2)5-4-6-16(7-13)12-10(21(3,18)19)8(14)9(20-12)11(15)17/h4-7,14H2,1-3H3,(H2,15,17). The molecule has 4 N–H and O–H groups in total. The molecule has 21 heavy (non-hydrogen) atoms. The van der Waals surface area contributed by atoms with Crippen LogP contribution in [0.3, 0.4) is 0 Å². The lowest BCUT2D eigenvalue weighted by molar-refractivity contribution is 0.100. The predicted octanol–water partition coefficient (Wildman–Crippen LogP) is 1.46. The van der Waals surface area contributed by atoms with Gasteiger partial charge >= 0.3 is 0 Å². The van der Waals surface area contributed by atoms with Gasteiger partial charge in [-0.2, -0.15) is 0 Å². The number of nitrogens with two attached hydrogens (primary N) is 2. The van der Waals surface area contributed by atoms with Crippen molar-refractivity contribution in [3.63, 3.8) is 0 Å². The van der Waals surface area contributed by atoms with Crippen molar-refractivity contribution in [1.82, 2.24) is 0 Å². The molecule has 1 saturated heterocycles. The molecule has 0 atom stereocenters. The maximum absolute atomic E-state index is 12.1. The first-order valence-electron chi connectivity index (χ1n) is 6.70. The van der Waals surface area contributed by atoms with Crippen LogP contribution in [0.2, 0.25) is 0 Å². The lowest BCUT2D eigenvalue weighted by atomic mass is 9.84. The fraction of sp³-hybridized carbons (Fsp3) is 0.615. The Morgan fingerprint density at radius 1 is 1.38 bits per heavy atom. The van der Waals surface area contributed by atoms with E-state index in [4.69, 9.17) is 11.5 Å². The number of nitrogens with zero attached hydrogens (tertiary/aromatic N) is 1. The van der Waals surface area contributed by atoms with E-state index in [1.807, 2.05) is 4.90 Å². The number of hydrogen-bond donors (Lipinski definition) is 2. The van der Waals surface area contributed by atoms with Crippen LogP contribution < -0.4 is 16.4 Å². The molecule has 2 heterocycles. The van der Waals surface area contributed by atoms with E-state index in [1.165, 1.54) is 0 Å². The first kappa shape index (κ1) is 16.1. The van der Waals surface area contributed by atoms with Gasteiger partial charge < -0.3 is 16.4 Å². The van der Waals surface area contributed by atoms with Gasteiger partial charge in [0, 0.05) is 19.3 Å². The second kappa shape index (κ2) is 5.17. The van der Waals surface area contributed by atoms with E-state index < -0.39 is 15.7 Å². The van der Waals surface area contributed by atoms with E-state index in [9.17, 15) is 13.2 Å². The number of nitrogen functional groups attached to an aromatic ring is 1. The van der Waals surface area contributed by atoms with E-state index in [-0.39, 0.29) is 20.9 Å². The molecule has 118 valence electrons. The third kappa shape index (κ3) is 3.16.